The SMILES string of the molecule is COC1=CC(C2=CC3=C(CC2)C2C4=C(C=CCC4)C=CC2S3)NC(C2CCC=CC2O)N1. The fourth-order valence-corrected chi connectivity index (χ4v) is 7.69. The van der Waals surface area contributed by atoms with Crippen LogP contribution in [0, 0.1) is 11.8 Å². The molecule has 2 aliphatic heterocycles. The van der Waals surface area contributed by atoms with Crippen molar-refractivity contribution in [3.05, 3.63) is 81.7 Å². The molecule has 168 valence electrons. The molecule has 2 heterocycles. The molecule has 0 saturated heterocycles. The van der Waals surface area contributed by atoms with E-state index in [4.69, 9.17) is 4.74 Å². The van der Waals surface area contributed by atoms with Crippen LogP contribution in [-0.2, 0) is 4.74 Å². The molecule has 6 rings (SSSR count). The first-order valence-corrected chi connectivity index (χ1v) is 12.9. The predicted molar refractivity (Wildman–Crippen MR) is 131 cm³/mol. The largest absolute Gasteiger partial charge is 0.483 e. The summed E-state index contributed by atoms with van der Waals surface area (Å²) >= 11 is 2.05. The average Bonchev–Trinajstić information content (AvgIpc) is 3.22. The van der Waals surface area contributed by atoms with Crippen molar-refractivity contribution in [3.63, 3.8) is 0 Å². The van der Waals surface area contributed by atoms with Crippen LogP contribution in [0.3, 0.4) is 0 Å². The van der Waals surface area contributed by atoms with E-state index < -0.39 is 6.10 Å². The Morgan fingerprint density at radius 2 is 2.00 bits per heavy atom. The van der Waals surface area contributed by atoms with Crippen LogP contribution in [0.15, 0.2) is 81.7 Å². The maximum absolute atomic E-state index is 10.5. The second-order valence-corrected chi connectivity index (χ2v) is 10.8. The van der Waals surface area contributed by atoms with Crippen LogP contribution in [-0.4, -0.2) is 35.8 Å². The third kappa shape index (κ3) is 3.55. The van der Waals surface area contributed by atoms with Crippen molar-refractivity contribution < 1.29 is 9.84 Å². The van der Waals surface area contributed by atoms with Gasteiger partial charge in [0.25, 0.3) is 0 Å². The van der Waals surface area contributed by atoms with E-state index in [-0.39, 0.29) is 18.1 Å². The van der Waals surface area contributed by atoms with Crippen LogP contribution in [0.4, 0.5) is 0 Å². The first-order valence-electron chi connectivity index (χ1n) is 12.0. The normalized spacial score (nSPS) is 37.9. The molecule has 0 aromatic rings. The Labute approximate surface area is 194 Å². The van der Waals surface area contributed by atoms with E-state index in [2.05, 4.69) is 64.9 Å². The van der Waals surface area contributed by atoms with Crippen LogP contribution in [0.5, 0.6) is 0 Å². The molecule has 5 heteroatoms. The monoisotopic (exact) mass is 448 g/mol. The Kier molecular flexibility index (Phi) is 5.44. The summed E-state index contributed by atoms with van der Waals surface area (Å²) in [4.78, 5) is 1.49. The Hall–Kier alpha value is -1.95. The third-order valence-corrected chi connectivity index (χ3v) is 9.17. The summed E-state index contributed by atoms with van der Waals surface area (Å²) in [5.41, 5.74) is 6.20. The molecule has 0 spiro atoms. The van der Waals surface area contributed by atoms with Gasteiger partial charge in [0.15, 0.2) is 5.88 Å². The fraction of sp³-hybridized carbons (Fsp3) is 0.481. The molecule has 6 unspecified atom stereocenters. The maximum Gasteiger partial charge on any atom is 0.185 e. The summed E-state index contributed by atoms with van der Waals surface area (Å²) in [6, 6.07) is 0.134. The quantitative estimate of drug-likeness (QED) is 0.551. The third-order valence-electron chi connectivity index (χ3n) is 7.83. The van der Waals surface area contributed by atoms with Crippen LogP contribution in [0.1, 0.15) is 38.5 Å². The number of nitrogens with one attached hydrogen (secondary N) is 2. The highest BCUT2D eigenvalue weighted by Crippen LogP contribution is 2.54. The van der Waals surface area contributed by atoms with Crippen molar-refractivity contribution in [3.8, 4) is 0 Å². The topological polar surface area (TPSA) is 53.5 Å². The minimum absolute atomic E-state index is 0.000314. The summed E-state index contributed by atoms with van der Waals surface area (Å²) in [5, 5.41) is 18.3. The van der Waals surface area contributed by atoms with Crippen LogP contribution in [0.2, 0.25) is 0 Å². The van der Waals surface area contributed by atoms with Gasteiger partial charge in [-0.25, -0.2) is 0 Å². The van der Waals surface area contributed by atoms with Crippen LogP contribution >= 0.6 is 11.8 Å². The number of hydrogen-bond donors (Lipinski definition) is 3. The number of methoxy groups -OCH3 is 1. The molecule has 0 bridgehead atoms. The highest BCUT2D eigenvalue weighted by Gasteiger charge is 2.41. The molecule has 4 nitrogen and oxygen atoms in total. The molecular weight excluding hydrogens is 416 g/mol. The second kappa shape index (κ2) is 8.44. The molecule has 0 aromatic carbocycles. The standard InChI is InChI=1S/C27H32N2O2S/c1-31-25-15-21(28-27(29-25)19-8-4-5-9-22(19)30)17-10-12-20-24(14-17)32-23-13-11-16-6-2-3-7-18(16)26(20)23/h2,5-6,9,11,13-15,19,21-23,26-30H,3-4,7-8,10,12H2,1H3. The van der Waals surface area contributed by atoms with Crippen molar-refractivity contribution in [2.24, 2.45) is 11.8 Å². The Morgan fingerprint density at radius 1 is 1.06 bits per heavy atom. The molecule has 32 heavy (non-hydrogen) atoms. The molecule has 4 aliphatic carbocycles. The van der Waals surface area contributed by atoms with Gasteiger partial charge in [-0.15, -0.1) is 11.8 Å². The smallest absolute Gasteiger partial charge is 0.185 e. The van der Waals surface area contributed by atoms with Gasteiger partial charge >= 0.3 is 0 Å². The molecular formula is C27H32N2O2S. The van der Waals surface area contributed by atoms with E-state index >= 15 is 0 Å². The number of fused-ring (bicyclic) bond motifs is 3. The van der Waals surface area contributed by atoms with Gasteiger partial charge in [-0.3, -0.25) is 5.32 Å². The minimum Gasteiger partial charge on any atom is -0.483 e. The van der Waals surface area contributed by atoms with Crippen molar-refractivity contribution in [2.75, 3.05) is 7.11 Å². The van der Waals surface area contributed by atoms with Gasteiger partial charge < -0.3 is 15.2 Å². The zero-order valence-electron chi connectivity index (χ0n) is 18.6. The lowest BCUT2D eigenvalue weighted by molar-refractivity contribution is 0.0877. The van der Waals surface area contributed by atoms with Crippen molar-refractivity contribution in [2.45, 2.75) is 62.1 Å². The number of aliphatic hydroxyl groups is 1. The molecule has 3 N–H and O–H groups in total. The summed E-state index contributed by atoms with van der Waals surface area (Å²) in [5.74, 6) is 1.54. The van der Waals surface area contributed by atoms with E-state index in [9.17, 15) is 5.11 Å². The number of allylic oxidation sites excluding steroid dienone is 8. The Balaban J connectivity index is 1.27. The molecule has 0 aromatic heterocycles. The van der Waals surface area contributed by atoms with E-state index in [1.165, 1.54) is 28.9 Å². The lowest BCUT2D eigenvalue weighted by Crippen LogP contribution is -2.57. The van der Waals surface area contributed by atoms with Gasteiger partial charge in [-0.05, 0) is 67.4 Å². The van der Waals surface area contributed by atoms with Gasteiger partial charge in [0.2, 0.25) is 0 Å². The zero-order valence-corrected chi connectivity index (χ0v) is 19.4. The minimum atomic E-state index is -0.424. The molecule has 0 fully saturated rings. The van der Waals surface area contributed by atoms with Gasteiger partial charge in [0.1, 0.15) is 0 Å². The van der Waals surface area contributed by atoms with E-state index in [0.29, 0.717) is 11.2 Å². The number of thioether (sulfide) groups is 1. The van der Waals surface area contributed by atoms with E-state index in [1.807, 2.05) is 6.08 Å². The number of ether oxygens (including phenoxy) is 1. The highest BCUT2D eigenvalue weighted by molar-refractivity contribution is 8.04. The van der Waals surface area contributed by atoms with Crippen molar-refractivity contribution in [1.82, 2.24) is 10.6 Å². The Bertz CT molecular complexity index is 1010. The second-order valence-electron chi connectivity index (χ2n) is 9.61. The van der Waals surface area contributed by atoms with Crippen LogP contribution < -0.4 is 10.6 Å². The summed E-state index contributed by atoms with van der Waals surface area (Å²) in [7, 11) is 1.72. The molecule has 0 saturated carbocycles. The summed E-state index contributed by atoms with van der Waals surface area (Å²) in [6.45, 7) is 0. The number of hydrogen-bond acceptors (Lipinski definition) is 5. The van der Waals surface area contributed by atoms with Gasteiger partial charge in [-0.1, -0.05) is 42.0 Å². The maximum atomic E-state index is 10.5. The summed E-state index contributed by atoms with van der Waals surface area (Å²) in [6.07, 6.45) is 24.2. The predicted octanol–water partition coefficient (Wildman–Crippen LogP) is 4.61. The molecule has 6 aliphatic rings. The van der Waals surface area contributed by atoms with Crippen molar-refractivity contribution in [1.29, 1.82) is 0 Å². The van der Waals surface area contributed by atoms with E-state index in [1.54, 1.807) is 18.3 Å². The Morgan fingerprint density at radius 3 is 2.88 bits per heavy atom. The van der Waals surface area contributed by atoms with Gasteiger partial charge in [0.05, 0.1) is 25.4 Å². The lowest BCUT2D eigenvalue weighted by atomic mass is 9.75. The van der Waals surface area contributed by atoms with E-state index in [0.717, 1.165) is 31.6 Å². The van der Waals surface area contributed by atoms with Crippen molar-refractivity contribution >= 4 is 11.8 Å². The van der Waals surface area contributed by atoms with Gasteiger partial charge in [-0.2, -0.15) is 0 Å². The number of aliphatic hydroxyl groups excluding tert-OH is 1. The molecule has 0 amide bonds. The lowest BCUT2D eigenvalue weighted by Gasteiger charge is -2.39. The highest BCUT2D eigenvalue weighted by atomic mass is 32.2. The van der Waals surface area contributed by atoms with Crippen LogP contribution in [0.25, 0.3) is 0 Å². The first-order chi connectivity index (χ1) is 15.7. The molecule has 0 radical (unpaired) electrons. The average molecular weight is 449 g/mol. The fourth-order valence-electron chi connectivity index (χ4n) is 6.18. The molecule has 6 atom stereocenters. The first kappa shape index (κ1) is 20.6. The summed E-state index contributed by atoms with van der Waals surface area (Å²) < 4.78 is 5.64. The number of rotatable bonds is 3. The van der Waals surface area contributed by atoms with Gasteiger partial charge in [0, 0.05) is 22.0 Å². The zero-order chi connectivity index (χ0) is 21.7.